The number of ether oxygens (including phenoxy) is 7. The van der Waals surface area contributed by atoms with Crippen molar-refractivity contribution in [2.24, 2.45) is 22.5 Å². The van der Waals surface area contributed by atoms with E-state index in [-0.39, 0.29) is 106 Å². The third-order valence-electron chi connectivity index (χ3n) is 21.9. The topological polar surface area (TPSA) is 555 Å². The van der Waals surface area contributed by atoms with Crippen LogP contribution in [0.5, 0.6) is 51.7 Å². The molecule has 7 aromatic rings. The minimum atomic E-state index is -2.26. The van der Waals surface area contributed by atoms with Crippen molar-refractivity contribution in [2.75, 3.05) is 26.7 Å². The number of primary amides is 1. The van der Waals surface area contributed by atoms with E-state index in [1.54, 1.807) is 38.1 Å². The van der Waals surface area contributed by atoms with Gasteiger partial charge in [-0.1, -0.05) is 103 Å². The van der Waals surface area contributed by atoms with E-state index in [1.165, 1.54) is 55.6 Å². The van der Waals surface area contributed by atoms with E-state index < -0.39 is 204 Å². The molecule has 14 rings (SSSR count). The highest BCUT2D eigenvalue weighted by atomic mass is 35.5. The molecule has 124 heavy (non-hydrogen) atoms. The summed E-state index contributed by atoms with van der Waals surface area (Å²) in [6.45, 7) is 11.3. The van der Waals surface area contributed by atoms with Crippen LogP contribution in [0, 0.1) is 5.92 Å². The lowest BCUT2D eigenvalue weighted by atomic mass is 9.84. The number of carbonyl (C=O) groups is 7. The number of phenolic OH excluding ortho intramolecular Hbond substituents is 3. The molecule has 0 saturated carbocycles. The third kappa shape index (κ3) is 21.4. The zero-order valence-electron chi connectivity index (χ0n) is 67.7. The summed E-state index contributed by atoms with van der Waals surface area (Å²) in [5.41, 5.74) is 19.7. The largest absolute Gasteiger partial charge is 0.508 e. The van der Waals surface area contributed by atoms with Gasteiger partial charge in [0.05, 0.1) is 53.4 Å². The van der Waals surface area contributed by atoms with Crippen LogP contribution in [0.4, 0.5) is 0 Å². The molecule has 7 aromatic carbocycles. The lowest BCUT2D eigenvalue weighted by Crippen LogP contribution is -2.65. The standard InChI is InChI=1S/C85H97Cl3N14O22/c1-38(2)25-54(92-6)78(112)101-70-72(108)45-15-22-59(53(88)28-45)121-61-30-46-29-60(75(61)124-84-76(74(110)73(109)62(122-84)36-95-102-91)123-64-34-85(5,77(111)40(4)119-64)94-35-41-11-18-49(19-12-41)118-37-42-9-16-47(86)17-10-42)120-58-21-14-44(27-52(58)87)71(107)69-83(117)100-68(80(114)93-24-8-7-23-89)51-31-48(103)32-57(105)65(51)50-26-43(13-20-56(50)104)66(39(3)96-69)98-81(115)67(46)99-79(113)55(33-63(90)106)97-82(70)116/h9-22,26-32,38,40,54-55,62,64,66-74,76-77,84,92,94,96,103-105,107-111H,3,7-8,23-25,33-37,89H2,1-2,4-6H3,(H2,90,106)(H,93,114)(H,97,116)(H,98,115)(H,99,113)(H,100,117)(H,101,112)/t40?,54-,55+,62?,64?,66?,67-,68-,69+,70-,71-,72-,73?,74?,76?,77?,84?,85?/m1/s1. The second-order valence-corrected chi connectivity index (χ2v) is 32.6. The van der Waals surface area contributed by atoms with Crippen LogP contribution in [0.3, 0.4) is 0 Å². The number of fused-ring (bicyclic) bond motifs is 15. The minimum absolute atomic E-state index is 0.00779. The molecular formula is C85H97Cl3N14O22. The molecule has 660 valence electrons. The molecule has 7 aliphatic heterocycles. The first kappa shape index (κ1) is 91.9. The highest BCUT2D eigenvalue weighted by Crippen LogP contribution is 2.50. The number of phenols is 3. The second-order valence-electron chi connectivity index (χ2n) is 31.4. The number of likely N-dealkylation sites (N-methyl/N-ethyl adjacent to an activating group) is 1. The van der Waals surface area contributed by atoms with Crippen LogP contribution in [0.25, 0.3) is 21.6 Å². The number of unbranched alkanes of at least 4 members (excludes halogenated alkanes) is 1. The molecule has 0 aromatic heterocycles. The number of aromatic hydroxyl groups is 3. The maximum Gasteiger partial charge on any atom is 0.248 e. The molecule has 7 aliphatic rings. The van der Waals surface area contributed by atoms with Crippen LogP contribution in [0.2, 0.25) is 15.1 Å². The predicted molar refractivity (Wildman–Crippen MR) is 449 cm³/mol. The van der Waals surface area contributed by atoms with Crippen molar-refractivity contribution in [2.45, 2.75) is 182 Å². The number of benzene rings is 7. The van der Waals surface area contributed by atoms with Crippen LogP contribution in [0.15, 0.2) is 145 Å². The van der Waals surface area contributed by atoms with Gasteiger partial charge >= 0.3 is 0 Å². The second kappa shape index (κ2) is 40.1. The quantitative estimate of drug-likeness (QED) is 0.0138. The number of halogens is 3. The van der Waals surface area contributed by atoms with Gasteiger partial charge in [-0.15, -0.1) is 0 Å². The van der Waals surface area contributed by atoms with Gasteiger partial charge in [-0.25, -0.2) is 0 Å². The average molecular weight is 1770 g/mol. The van der Waals surface area contributed by atoms with E-state index in [1.807, 2.05) is 38.1 Å². The van der Waals surface area contributed by atoms with Crippen LogP contribution in [0.1, 0.15) is 129 Å². The van der Waals surface area contributed by atoms with Crippen molar-refractivity contribution in [3.63, 3.8) is 0 Å². The van der Waals surface area contributed by atoms with Gasteiger partial charge in [0, 0.05) is 57.9 Å². The molecule has 7 heterocycles. The van der Waals surface area contributed by atoms with Crippen molar-refractivity contribution in [3.05, 3.63) is 204 Å². The Morgan fingerprint density at radius 2 is 1.38 bits per heavy atom. The Balaban J connectivity index is 1.03. The summed E-state index contributed by atoms with van der Waals surface area (Å²) in [6, 6.07) is 16.6. The van der Waals surface area contributed by atoms with Gasteiger partial charge in [0.2, 0.25) is 53.4 Å². The monoisotopic (exact) mass is 1770 g/mol. The summed E-state index contributed by atoms with van der Waals surface area (Å²) in [4.78, 5) is 108. The van der Waals surface area contributed by atoms with Crippen LogP contribution in [-0.2, 0) is 60.9 Å². The van der Waals surface area contributed by atoms with Gasteiger partial charge in [0.1, 0.15) is 95.7 Å². The highest BCUT2D eigenvalue weighted by Gasteiger charge is 2.52. The van der Waals surface area contributed by atoms with E-state index in [9.17, 15) is 60.8 Å². The van der Waals surface area contributed by atoms with Gasteiger partial charge < -0.3 is 133 Å². The van der Waals surface area contributed by atoms with Crippen LogP contribution >= 0.6 is 34.8 Å². The van der Waals surface area contributed by atoms with Crippen molar-refractivity contribution < 1.29 is 108 Å². The Bertz CT molecular complexity index is 5190. The van der Waals surface area contributed by atoms with E-state index in [2.05, 4.69) is 64.5 Å². The Hall–Kier alpha value is -11.3. The van der Waals surface area contributed by atoms with Crippen molar-refractivity contribution in [1.82, 2.24) is 47.9 Å². The Morgan fingerprint density at radius 1 is 0.726 bits per heavy atom. The number of azide groups is 1. The summed E-state index contributed by atoms with van der Waals surface area (Å²) in [7, 11) is 1.49. The lowest BCUT2D eigenvalue weighted by molar-refractivity contribution is -0.331. The molecule has 2 fully saturated rings. The first-order valence-electron chi connectivity index (χ1n) is 39.8. The number of aliphatic hydroxyl groups excluding tert-OH is 5. The molecule has 10 unspecified atom stereocenters. The molecular weight excluding hydrogens is 1680 g/mol. The summed E-state index contributed by atoms with van der Waals surface area (Å²) in [5.74, 6) is -11.9. The van der Waals surface area contributed by atoms with Crippen molar-refractivity contribution >= 4 is 76.2 Å². The normalized spacial score (nSPS) is 26.0. The fraction of sp³-hybridized carbons (Fsp3) is 0.400. The average Bonchev–Trinajstić information content (AvgIpc) is 0.764. The molecule has 0 spiro atoms. The van der Waals surface area contributed by atoms with E-state index in [0.29, 0.717) is 23.6 Å². The Morgan fingerprint density at radius 3 is 2.02 bits per heavy atom. The SMILES string of the molecule is C=C1N[C@@H]2C(=O)N[C@@H](C(=O)NCCCCN)c3cc(O)cc(O)c3-c3cc(ccc3O)C1NC(=O)[C@@H]1NC(=O)[C@H](CC(N)=O)NC(=O)[C@H](NC(=O)[C@@H](CC(C)C)NC)[C@H](O)c3ccc(c(Cl)c3)Oc3cc1cc(c3OC1OC(CN=[N+]=[N-])C(O)C(O)C1OC1CC(C)(NCc3ccc(OCc4ccc(Cl)cc4)cc3)C(O)C(C)O1)Oc1ccc(cc1Cl)[C@H]2O. The number of nitrogens with two attached hydrogens (primary N) is 2. The summed E-state index contributed by atoms with van der Waals surface area (Å²) < 4.78 is 46.2. The van der Waals surface area contributed by atoms with Gasteiger partial charge in [0.25, 0.3) is 0 Å². The third-order valence-corrected chi connectivity index (χ3v) is 22.7. The van der Waals surface area contributed by atoms with E-state index in [0.717, 1.165) is 41.5 Å². The number of nitrogens with one attached hydrogen (secondary N) is 9. The number of amides is 7. The van der Waals surface area contributed by atoms with E-state index in [4.69, 9.17) is 79.4 Å². The number of rotatable bonds is 24. The highest BCUT2D eigenvalue weighted by molar-refractivity contribution is 6.32. The molecule has 7 amide bonds. The maximum atomic E-state index is 16.5. The van der Waals surface area contributed by atoms with Crippen LogP contribution in [-0.4, -0.2) is 188 Å². The minimum Gasteiger partial charge on any atom is -0.508 e. The van der Waals surface area contributed by atoms with Crippen LogP contribution < -0.4 is 78.3 Å². The fourth-order valence-corrected chi connectivity index (χ4v) is 15.8. The summed E-state index contributed by atoms with van der Waals surface area (Å²) >= 11 is 20.6. The fourth-order valence-electron chi connectivity index (χ4n) is 15.2. The molecule has 21 N–H and O–H groups in total. The van der Waals surface area contributed by atoms with Crippen molar-refractivity contribution in [1.29, 1.82) is 0 Å². The molecule has 39 heteroatoms. The lowest BCUT2D eigenvalue weighted by Gasteiger charge is -2.48. The molecule has 2 saturated heterocycles. The van der Waals surface area contributed by atoms with Gasteiger partial charge in [-0.3, -0.25) is 33.6 Å². The number of aliphatic hydroxyl groups is 5. The molecule has 11 bridgehead atoms. The zero-order chi connectivity index (χ0) is 89.3. The van der Waals surface area contributed by atoms with E-state index >= 15 is 19.2 Å². The van der Waals surface area contributed by atoms with Gasteiger partial charge in [0.15, 0.2) is 23.9 Å². The van der Waals surface area contributed by atoms with Gasteiger partial charge in [-0.05, 0) is 176 Å². The molecule has 0 aliphatic carbocycles. The van der Waals surface area contributed by atoms with Gasteiger partial charge in [-0.2, -0.15) is 0 Å². The summed E-state index contributed by atoms with van der Waals surface area (Å²) in [6.07, 6.45) is -17.6. The maximum absolute atomic E-state index is 16.5. The Labute approximate surface area is 726 Å². The number of carbonyl (C=O) groups excluding carboxylic acids is 7. The van der Waals surface area contributed by atoms with Crippen molar-refractivity contribution in [3.8, 4) is 62.9 Å². The first-order chi connectivity index (χ1) is 59.1. The number of hydrogen-bond donors (Lipinski definition) is 19. The predicted octanol–water partition coefficient (Wildman–Crippen LogP) is 6.25. The molecule has 36 nitrogen and oxygen atoms in total. The molecule has 18 atom stereocenters. The zero-order valence-corrected chi connectivity index (χ0v) is 70.0. The molecule has 0 radical (unpaired) electrons. The Kier molecular flexibility index (Phi) is 29.7. The first-order valence-corrected chi connectivity index (χ1v) is 40.9. The number of nitrogens with zero attached hydrogens (tertiary/aromatic N) is 3. The summed E-state index contributed by atoms with van der Waals surface area (Å²) in [5, 5.41) is 126. The number of hydrogen-bond acceptors (Lipinski definition) is 27. The smallest absolute Gasteiger partial charge is 0.248 e.